The van der Waals surface area contributed by atoms with Crippen LogP contribution in [-0.2, 0) is 0 Å². The second-order valence-corrected chi connectivity index (χ2v) is 5.27. The smallest absolute Gasteiger partial charge is 0.0199 e. The van der Waals surface area contributed by atoms with Gasteiger partial charge in [0.05, 0.1) is 0 Å². The molecule has 1 N–H and O–H groups in total. The fraction of sp³-hybridized carbons (Fsp3) is 1.00. The molecule has 0 aliphatic carbocycles. The molecule has 2 nitrogen and oxygen atoms in total. The second kappa shape index (κ2) is 8.12. The quantitative estimate of drug-likeness (QED) is 0.668. The number of hydrogen-bond acceptors (Lipinski definition) is 2. The molecule has 0 aromatic heterocycles. The molecule has 0 fully saturated rings. The molecule has 0 radical (unpaired) electrons. The largest absolute Gasteiger partial charge is 0.310 e. The summed E-state index contributed by atoms with van der Waals surface area (Å²) < 4.78 is 0. The van der Waals surface area contributed by atoms with Gasteiger partial charge >= 0.3 is 0 Å². The molecule has 0 aliphatic heterocycles. The van der Waals surface area contributed by atoms with Crippen LogP contribution in [-0.4, -0.2) is 37.6 Å². The number of hydrogen-bond donors (Lipinski definition) is 1. The van der Waals surface area contributed by atoms with Crippen LogP contribution in [0, 0.1) is 5.92 Å². The third kappa shape index (κ3) is 7.80. The Labute approximate surface area is 96.4 Å². The molecule has 1 atom stereocenters. The van der Waals surface area contributed by atoms with E-state index < -0.39 is 0 Å². The Morgan fingerprint density at radius 3 is 1.87 bits per heavy atom. The average molecular weight is 214 g/mol. The zero-order valence-electron chi connectivity index (χ0n) is 11.5. The first kappa shape index (κ1) is 14.9. The Balaban J connectivity index is 4.09. The second-order valence-electron chi connectivity index (χ2n) is 5.27. The Bertz CT molecular complexity index is 129. The van der Waals surface area contributed by atoms with Gasteiger partial charge in [0.1, 0.15) is 0 Å². The Morgan fingerprint density at radius 2 is 1.53 bits per heavy atom. The number of nitrogens with one attached hydrogen (secondary N) is 1. The normalized spacial score (nSPS) is 14.2. The van der Waals surface area contributed by atoms with Crippen molar-refractivity contribution >= 4 is 0 Å². The summed E-state index contributed by atoms with van der Waals surface area (Å²) in [7, 11) is 4.31. The van der Waals surface area contributed by atoms with Gasteiger partial charge in [0.15, 0.2) is 0 Å². The van der Waals surface area contributed by atoms with Crippen molar-refractivity contribution in [2.45, 2.75) is 59.0 Å². The van der Waals surface area contributed by atoms with Crippen molar-refractivity contribution < 1.29 is 0 Å². The van der Waals surface area contributed by atoms with E-state index in [2.05, 4.69) is 52.0 Å². The van der Waals surface area contributed by atoms with Crippen LogP contribution < -0.4 is 5.32 Å². The third-order valence-corrected chi connectivity index (χ3v) is 2.80. The van der Waals surface area contributed by atoms with Gasteiger partial charge in [-0.1, -0.05) is 27.7 Å². The molecule has 0 saturated heterocycles. The van der Waals surface area contributed by atoms with Crippen LogP contribution in [0.15, 0.2) is 0 Å². The van der Waals surface area contributed by atoms with Crippen LogP contribution >= 0.6 is 0 Å². The standard InChI is InChI=1S/C13H30N2/c1-7-12(8-2)14-13(9-11(3)4)10-15(5)6/h11-14H,7-10H2,1-6H3. The minimum absolute atomic E-state index is 0.643. The molecule has 0 bridgehead atoms. The number of likely N-dealkylation sites (N-methyl/N-ethyl adjacent to an activating group) is 1. The van der Waals surface area contributed by atoms with Crippen molar-refractivity contribution in [2.75, 3.05) is 20.6 Å². The van der Waals surface area contributed by atoms with Crippen molar-refractivity contribution in [3.8, 4) is 0 Å². The van der Waals surface area contributed by atoms with E-state index in [1.54, 1.807) is 0 Å². The predicted molar refractivity (Wildman–Crippen MR) is 69.3 cm³/mol. The first-order chi connectivity index (χ1) is 6.99. The highest BCUT2D eigenvalue weighted by molar-refractivity contribution is 4.75. The Hall–Kier alpha value is -0.0800. The first-order valence-electron chi connectivity index (χ1n) is 6.40. The lowest BCUT2D eigenvalue weighted by atomic mass is 10.0. The topological polar surface area (TPSA) is 15.3 Å². The molecule has 1 unspecified atom stereocenters. The van der Waals surface area contributed by atoms with Crippen LogP contribution in [0.25, 0.3) is 0 Å². The highest BCUT2D eigenvalue weighted by atomic mass is 15.1. The molecule has 92 valence electrons. The monoisotopic (exact) mass is 214 g/mol. The molecule has 0 aromatic rings. The maximum atomic E-state index is 3.77. The molecule has 0 rings (SSSR count). The molecule has 0 aromatic carbocycles. The minimum Gasteiger partial charge on any atom is -0.310 e. The van der Waals surface area contributed by atoms with Gasteiger partial charge in [-0.15, -0.1) is 0 Å². The minimum atomic E-state index is 0.643. The maximum Gasteiger partial charge on any atom is 0.0199 e. The van der Waals surface area contributed by atoms with Crippen LogP contribution in [0.4, 0.5) is 0 Å². The fourth-order valence-corrected chi connectivity index (χ4v) is 2.06. The SMILES string of the molecule is CCC(CC)NC(CC(C)C)CN(C)C. The van der Waals surface area contributed by atoms with E-state index in [1.807, 2.05) is 0 Å². The van der Waals surface area contributed by atoms with Crippen LogP contribution in [0.3, 0.4) is 0 Å². The first-order valence-corrected chi connectivity index (χ1v) is 6.40. The molecule has 2 heteroatoms. The van der Waals surface area contributed by atoms with Gasteiger partial charge in [-0.25, -0.2) is 0 Å². The average Bonchev–Trinajstić information content (AvgIpc) is 2.11. The van der Waals surface area contributed by atoms with Crippen LogP contribution in [0.2, 0.25) is 0 Å². The van der Waals surface area contributed by atoms with E-state index >= 15 is 0 Å². The van der Waals surface area contributed by atoms with E-state index in [9.17, 15) is 0 Å². The van der Waals surface area contributed by atoms with E-state index in [0.717, 1.165) is 12.5 Å². The molecule has 15 heavy (non-hydrogen) atoms. The summed E-state index contributed by atoms with van der Waals surface area (Å²) in [6.07, 6.45) is 3.74. The molecule has 0 saturated carbocycles. The lowest BCUT2D eigenvalue weighted by Crippen LogP contribution is -2.44. The number of rotatable bonds is 8. The van der Waals surface area contributed by atoms with Crippen LogP contribution in [0.1, 0.15) is 47.0 Å². The molecule has 0 amide bonds. The fourth-order valence-electron chi connectivity index (χ4n) is 2.06. The van der Waals surface area contributed by atoms with E-state index in [4.69, 9.17) is 0 Å². The summed E-state index contributed by atoms with van der Waals surface area (Å²) in [4.78, 5) is 2.28. The summed E-state index contributed by atoms with van der Waals surface area (Å²) in [6, 6.07) is 1.33. The molecular weight excluding hydrogens is 184 g/mol. The van der Waals surface area contributed by atoms with Gasteiger partial charge < -0.3 is 10.2 Å². The van der Waals surface area contributed by atoms with Crippen LogP contribution in [0.5, 0.6) is 0 Å². The van der Waals surface area contributed by atoms with Gasteiger partial charge in [0, 0.05) is 18.6 Å². The zero-order chi connectivity index (χ0) is 11.8. The highest BCUT2D eigenvalue weighted by Gasteiger charge is 2.14. The van der Waals surface area contributed by atoms with Crippen molar-refractivity contribution in [2.24, 2.45) is 5.92 Å². The van der Waals surface area contributed by atoms with Gasteiger partial charge in [-0.2, -0.15) is 0 Å². The number of nitrogens with zero attached hydrogens (tertiary/aromatic N) is 1. The third-order valence-electron chi connectivity index (χ3n) is 2.80. The van der Waals surface area contributed by atoms with Gasteiger partial charge in [0.2, 0.25) is 0 Å². The molecule has 0 heterocycles. The lowest BCUT2D eigenvalue weighted by Gasteiger charge is -2.28. The summed E-state index contributed by atoms with van der Waals surface area (Å²) in [5, 5.41) is 3.77. The summed E-state index contributed by atoms with van der Waals surface area (Å²) >= 11 is 0. The molecule has 0 aliphatic rings. The van der Waals surface area contributed by atoms with Gasteiger partial charge in [0.25, 0.3) is 0 Å². The van der Waals surface area contributed by atoms with E-state index in [1.165, 1.54) is 19.3 Å². The lowest BCUT2D eigenvalue weighted by molar-refractivity contribution is 0.280. The summed E-state index contributed by atoms with van der Waals surface area (Å²) in [5.74, 6) is 0.775. The molecular formula is C13H30N2. The van der Waals surface area contributed by atoms with Crippen molar-refractivity contribution in [1.82, 2.24) is 10.2 Å². The summed E-state index contributed by atoms with van der Waals surface area (Å²) in [5.41, 5.74) is 0. The van der Waals surface area contributed by atoms with E-state index in [0.29, 0.717) is 12.1 Å². The van der Waals surface area contributed by atoms with Crippen molar-refractivity contribution in [3.63, 3.8) is 0 Å². The van der Waals surface area contributed by atoms with Gasteiger partial charge in [-0.3, -0.25) is 0 Å². The van der Waals surface area contributed by atoms with Gasteiger partial charge in [-0.05, 0) is 39.3 Å². The summed E-state index contributed by atoms with van der Waals surface area (Å²) in [6.45, 7) is 10.3. The predicted octanol–water partition coefficient (Wildman–Crippen LogP) is 2.74. The van der Waals surface area contributed by atoms with Crippen molar-refractivity contribution in [1.29, 1.82) is 0 Å². The van der Waals surface area contributed by atoms with E-state index in [-0.39, 0.29) is 0 Å². The Kier molecular flexibility index (Phi) is 8.07. The van der Waals surface area contributed by atoms with Crippen molar-refractivity contribution in [3.05, 3.63) is 0 Å². The Morgan fingerprint density at radius 1 is 1.00 bits per heavy atom. The highest BCUT2D eigenvalue weighted by Crippen LogP contribution is 2.08. The molecule has 0 spiro atoms. The zero-order valence-corrected chi connectivity index (χ0v) is 11.5. The maximum absolute atomic E-state index is 3.77.